The predicted molar refractivity (Wildman–Crippen MR) is 264 cm³/mol. The van der Waals surface area contributed by atoms with Crippen LogP contribution in [0.1, 0.15) is 206 Å². The molecule has 62 heavy (non-hydrogen) atoms. The summed E-state index contributed by atoms with van der Waals surface area (Å²) in [5, 5.41) is 27.5. The molecule has 2 amide bonds. The van der Waals surface area contributed by atoms with E-state index < -0.39 is 12.2 Å². The summed E-state index contributed by atoms with van der Waals surface area (Å²) in [6, 6.07) is 0. The molecule has 1 saturated heterocycles. The van der Waals surface area contributed by atoms with Crippen LogP contribution in [0.4, 0.5) is 0 Å². The van der Waals surface area contributed by atoms with E-state index in [9.17, 15) is 19.8 Å². The molecule has 364 valence electrons. The third kappa shape index (κ3) is 36.5. The van der Waals surface area contributed by atoms with Crippen molar-refractivity contribution in [3.05, 3.63) is 24.3 Å². The average Bonchev–Trinajstić information content (AvgIpc) is 3.26. The van der Waals surface area contributed by atoms with Crippen molar-refractivity contribution in [2.24, 2.45) is 23.3 Å². The number of allylic oxidation sites excluding steroid dienone is 4. The molecule has 1 heterocycles. The van der Waals surface area contributed by atoms with Crippen molar-refractivity contribution in [1.82, 2.24) is 20.4 Å². The van der Waals surface area contributed by atoms with Crippen LogP contribution in [0.3, 0.4) is 0 Å². The van der Waals surface area contributed by atoms with Crippen LogP contribution in [0.15, 0.2) is 24.3 Å². The fourth-order valence-electron chi connectivity index (χ4n) is 8.82. The number of hydrogen-bond donors (Lipinski definition) is 6. The van der Waals surface area contributed by atoms with E-state index in [4.69, 9.17) is 11.5 Å². The lowest BCUT2D eigenvalue weighted by Gasteiger charge is -2.36. The number of rotatable bonds is 44. The minimum Gasteiger partial charge on any atom is -0.390 e. The maximum Gasteiger partial charge on any atom is 0.220 e. The van der Waals surface area contributed by atoms with Crippen LogP contribution < -0.4 is 22.1 Å². The normalized spacial score (nSPS) is 16.0. The zero-order valence-corrected chi connectivity index (χ0v) is 40.7. The van der Waals surface area contributed by atoms with E-state index in [1.807, 2.05) is 0 Å². The van der Waals surface area contributed by atoms with Gasteiger partial charge in [-0.25, -0.2) is 0 Å². The maximum atomic E-state index is 12.9. The van der Waals surface area contributed by atoms with E-state index in [1.165, 1.54) is 116 Å². The molecule has 1 aliphatic heterocycles. The molecule has 1 rings (SSSR count). The molecular weight excluding hydrogens is 773 g/mol. The van der Waals surface area contributed by atoms with Gasteiger partial charge in [0.05, 0.1) is 12.2 Å². The Morgan fingerprint density at radius 1 is 0.484 bits per heavy atom. The van der Waals surface area contributed by atoms with Crippen molar-refractivity contribution < 1.29 is 19.8 Å². The van der Waals surface area contributed by atoms with Crippen LogP contribution >= 0.6 is 0 Å². The van der Waals surface area contributed by atoms with E-state index in [0.29, 0.717) is 50.9 Å². The standard InChI is InChI=1S/C52H102N6O4/c1-3-5-7-9-11-13-15-17-19-21-23-25-27-31-47(33-29-35-53)41-51(61)55-43-49(59)45-57-37-39-58(40-38-57)46-50(60)44-56-52(62)42-48(34-30-36-54)32-28-26-24-22-20-18-16-14-12-10-8-6-4-2/h17-20,47-50,59-60H,3-16,21-46,53-54H2,1-2H3,(H,55,61)(H,56,62). The van der Waals surface area contributed by atoms with E-state index in [0.717, 1.165) is 90.4 Å². The summed E-state index contributed by atoms with van der Waals surface area (Å²) >= 11 is 0. The summed E-state index contributed by atoms with van der Waals surface area (Å²) in [7, 11) is 0. The number of aliphatic hydroxyl groups is 2. The van der Waals surface area contributed by atoms with Gasteiger partial charge in [-0.2, -0.15) is 0 Å². The van der Waals surface area contributed by atoms with Crippen LogP contribution in [0.5, 0.6) is 0 Å². The highest BCUT2D eigenvalue weighted by Gasteiger charge is 2.22. The number of amides is 2. The second-order valence-electron chi connectivity index (χ2n) is 18.9. The zero-order valence-electron chi connectivity index (χ0n) is 40.7. The molecule has 1 aliphatic rings. The van der Waals surface area contributed by atoms with Crippen molar-refractivity contribution in [1.29, 1.82) is 0 Å². The number of piperazine rings is 1. The number of carbonyl (C=O) groups is 2. The largest absolute Gasteiger partial charge is 0.390 e. The highest BCUT2D eigenvalue weighted by Crippen LogP contribution is 2.21. The summed E-state index contributed by atoms with van der Waals surface area (Å²) in [6.07, 6.45) is 43.1. The molecule has 0 radical (unpaired) electrons. The summed E-state index contributed by atoms with van der Waals surface area (Å²) in [4.78, 5) is 30.2. The van der Waals surface area contributed by atoms with Gasteiger partial charge in [0.15, 0.2) is 0 Å². The molecule has 0 aromatic heterocycles. The molecule has 1 fully saturated rings. The first-order valence-electron chi connectivity index (χ1n) is 26.3. The number of aliphatic hydroxyl groups excluding tert-OH is 2. The third-order valence-corrected chi connectivity index (χ3v) is 12.8. The van der Waals surface area contributed by atoms with Crippen molar-refractivity contribution in [2.45, 2.75) is 219 Å². The van der Waals surface area contributed by atoms with Gasteiger partial charge in [0, 0.05) is 65.2 Å². The number of unbranched alkanes of at least 4 members (excludes halogenated alkanes) is 18. The summed E-state index contributed by atoms with van der Waals surface area (Å²) in [6.45, 7) is 10.5. The van der Waals surface area contributed by atoms with Crippen molar-refractivity contribution in [2.75, 3.05) is 65.4 Å². The second kappa shape index (κ2) is 43.1. The lowest BCUT2D eigenvalue weighted by atomic mass is 9.92. The molecule has 4 atom stereocenters. The van der Waals surface area contributed by atoms with Gasteiger partial charge in [0.1, 0.15) is 0 Å². The van der Waals surface area contributed by atoms with Crippen LogP contribution in [0.2, 0.25) is 0 Å². The van der Waals surface area contributed by atoms with Gasteiger partial charge in [-0.15, -0.1) is 0 Å². The number of carbonyl (C=O) groups excluding carboxylic acids is 2. The van der Waals surface area contributed by atoms with Crippen LogP contribution in [0, 0.1) is 11.8 Å². The minimum atomic E-state index is -0.627. The van der Waals surface area contributed by atoms with Gasteiger partial charge in [-0.05, 0) is 115 Å². The van der Waals surface area contributed by atoms with Gasteiger partial charge in [-0.3, -0.25) is 19.4 Å². The van der Waals surface area contributed by atoms with E-state index in [1.54, 1.807) is 0 Å². The molecule has 8 N–H and O–H groups in total. The number of nitrogens with one attached hydrogen (secondary N) is 2. The third-order valence-electron chi connectivity index (χ3n) is 12.8. The van der Waals surface area contributed by atoms with Crippen molar-refractivity contribution >= 4 is 11.8 Å². The van der Waals surface area contributed by atoms with Crippen molar-refractivity contribution in [3.63, 3.8) is 0 Å². The molecule has 10 nitrogen and oxygen atoms in total. The Bertz CT molecular complexity index is 986. The second-order valence-corrected chi connectivity index (χ2v) is 18.9. The molecule has 4 unspecified atom stereocenters. The minimum absolute atomic E-state index is 0.0216. The first-order chi connectivity index (χ1) is 30.3. The Hall–Kier alpha value is -1.82. The van der Waals surface area contributed by atoms with Crippen LogP contribution in [-0.2, 0) is 9.59 Å². The number of hydrogen-bond acceptors (Lipinski definition) is 8. The molecule has 0 aromatic carbocycles. The Morgan fingerprint density at radius 3 is 1.13 bits per heavy atom. The summed E-state index contributed by atoms with van der Waals surface area (Å²) in [5.74, 6) is 0.721. The summed E-state index contributed by atoms with van der Waals surface area (Å²) < 4.78 is 0. The summed E-state index contributed by atoms with van der Waals surface area (Å²) in [5.41, 5.74) is 11.6. The van der Waals surface area contributed by atoms with Gasteiger partial charge in [-0.1, -0.05) is 128 Å². The lowest BCUT2D eigenvalue weighted by Crippen LogP contribution is -2.52. The lowest BCUT2D eigenvalue weighted by molar-refractivity contribution is -0.123. The topological polar surface area (TPSA) is 157 Å². The Kier molecular flexibility index (Phi) is 40.4. The van der Waals surface area contributed by atoms with Crippen LogP contribution in [0.25, 0.3) is 0 Å². The number of β-amino-alcohol motifs (C(OH)–C–C–N with tert-alkyl or cyclic N) is 2. The SMILES string of the molecule is CCCCCCCCC=CCCCCCC(CCCN)CC(=O)NCC(O)CN1CCN(CC(O)CNC(=O)CC(CCCN)CCCCCC=CCCCCCCCC)CC1. The van der Waals surface area contributed by atoms with E-state index in [-0.39, 0.29) is 24.9 Å². The monoisotopic (exact) mass is 875 g/mol. The van der Waals surface area contributed by atoms with Gasteiger partial charge in [0.25, 0.3) is 0 Å². The molecule has 10 heteroatoms. The van der Waals surface area contributed by atoms with E-state index >= 15 is 0 Å². The Labute approximate surface area is 382 Å². The Balaban J connectivity index is 2.21. The van der Waals surface area contributed by atoms with Gasteiger partial charge in [0.2, 0.25) is 11.8 Å². The van der Waals surface area contributed by atoms with Crippen LogP contribution in [-0.4, -0.2) is 109 Å². The Morgan fingerprint density at radius 2 is 0.790 bits per heavy atom. The van der Waals surface area contributed by atoms with Gasteiger partial charge >= 0.3 is 0 Å². The first-order valence-corrected chi connectivity index (χ1v) is 26.3. The molecule has 0 spiro atoms. The molecule has 0 bridgehead atoms. The number of nitrogens with two attached hydrogens (primary N) is 2. The van der Waals surface area contributed by atoms with E-state index in [2.05, 4.69) is 58.6 Å². The van der Waals surface area contributed by atoms with Gasteiger partial charge < -0.3 is 32.3 Å². The molecule has 0 aliphatic carbocycles. The average molecular weight is 875 g/mol. The fourth-order valence-corrected chi connectivity index (χ4v) is 8.82. The zero-order chi connectivity index (χ0) is 45.1. The first kappa shape index (κ1) is 58.2. The predicted octanol–water partition coefficient (Wildman–Crippen LogP) is 9.56. The fraction of sp³-hybridized carbons (Fsp3) is 0.885. The highest BCUT2D eigenvalue weighted by atomic mass is 16.3. The quantitative estimate of drug-likeness (QED) is 0.0261. The maximum absolute atomic E-state index is 12.9. The van der Waals surface area contributed by atoms with Crippen molar-refractivity contribution in [3.8, 4) is 0 Å². The molecule has 0 saturated carbocycles. The number of nitrogens with zero attached hydrogens (tertiary/aromatic N) is 2. The smallest absolute Gasteiger partial charge is 0.220 e. The molecule has 0 aromatic rings. The highest BCUT2D eigenvalue weighted by molar-refractivity contribution is 5.76. The molecular formula is C52H102N6O4.